The van der Waals surface area contributed by atoms with Gasteiger partial charge in [-0.15, -0.1) is 11.6 Å². The molecule has 1 aliphatic rings. The number of carbonyl (C=O) groups excluding carboxylic acids is 1. The summed E-state index contributed by atoms with van der Waals surface area (Å²) in [5.41, 5.74) is 0. The summed E-state index contributed by atoms with van der Waals surface area (Å²) in [6, 6.07) is -0.219. The van der Waals surface area contributed by atoms with Crippen molar-refractivity contribution < 1.29 is 13.2 Å². The summed E-state index contributed by atoms with van der Waals surface area (Å²) < 4.78 is 23.0. The summed E-state index contributed by atoms with van der Waals surface area (Å²) >= 11 is 5.83. The number of hydrogen-bond donors (Lipinski definition) is 0. The molecule has 106 valence electrons. The zero-order valence-electron chi connectivity index (χ0n) is 11.1. The van der Waals surface area contributed by atoms with Gasteiger partial charge in [-0.05, 0) is 27.4 Å². The highest BCUT2D eigenvalue weighted by molar-refractivity contribution is 7.91. The van der Waals surface area contributed by atoms with E-state index in [2.05, 4.69) is 0 Å². The molecule has 0 saturated carbocycles. The average molecular weight is 297 g/mol. The van der Waals surface area contributed by atoms with Crippen LogP contribution in [0.4, 0.5) is 0 Å². The zero-order valence-corrected chi connectivity index (χ0v) is 12.7. The lowest BCUT2D eigenvalue weighted by molar-refractivity contribution is -0.132. The molecule has 18 heavy (non-hydrogen) atoms. The number of sulfone groups is 1. The molecule has 0 aromatic rings. The van der Waals surface area contributed by atoms with Crippen LogP contribution in [-0.2, 0) is 14.6 Å². The molecule has 0 aromatic carbocycles. The molecule has 1 rings (SSSR count). The number of halogens is 1. The lowest BCUT2D eigenvalue weighted by atomic mass is 10.2. The highest BCUT2D eigenvalue weighted by atomic mass is 35.5. The summed E-state index contributed by atoms with van der Waals surface area (Å²) in [7, 11) is 0.841. The highest BCUT2D eigenvalue weighted by Gasteiger charge is 2.35. The van der Waals surface area contributed by atoms with Crippen molar-refractivity contribution >= 4 is 27.3 Å². The van der Waals surface area contributed by atoms with Crippen molar-refractivity contribution in [2.24, 2.45) is 0 Å². The van der Waals surface area contributed by atoms with E-state index in [0.717, 1.165) is 0 Å². The van der Waals surface area contributed by atoms with E-state index in [0.29, 0.717) is 19.5 Å². The first-order valence-corrected chi connectivity index (χ1v) is 8.28. The lowest BCUT2D eigenvalue weighted by Crippen LogP contribution is -2.47. The maximum Gasteiger partial charge on any atom is 0.240 e. The molecule has 5 nitrogen and oxygen atoms in total. The SMILES string of the molecule is CC(Cl)C(=O)N(CCN(C)C)C1CCS(=O)(=O)C1. The largest absolute Gasteiger partial charge is 0.336 e. The predicted octanol–water partition coefficient (Wildman–Crippen LogP) is 0.191. The molecular formula is C11H21ClN2O3S. The van der Waals surface area contributed by atoms with E-state index >= 15 is 0 Å². The van der Waals surface area contributed by atoms with Gasteiger partial charge in [-0.2, -0.15) is 0 Å². The Morgan fingerprint density at radius 3 is 2.39 bits per heavy atom. The van der Waals surface area contributed by atoms with Crippen LogP contribution in [0.15, 0.2) is 0 Å². The standard InChI is InChI=1S/C11H21ClN2O3S/c1-9(12)11(15)14(6-5-13(2)3)10-4-7-18(16,17)8-10/h9-10H,4-8H2,1-3H3. The fraction of sp³-hybridized carbons (Fsp3) is 0.909. The number of carbonyl (C=O) groups is 1. The zero-order chi connectivity index (χ0) is 13.9. The number of likely N-dealkylation sites (N-methyl/N-ethyl adjacent to an activating group) is 1. The Morgan fingerprint density at radius 2 is 2.00 bits per heavy atom. The summed E-state index contributed by atoms with van der Waals surface area (Å²) in [6.07, 6.45) is 0.519. The molecule has 0 aliphatic carbocycles. The summed E-state index contributed by atoms with van der Waals surface area (Å²) in [5, 5.41) is -0.615. The van der Waals surface area contributed by atoms with Crippen LogP contribution in [0.25, 0.3) is 0 Å². The smallest absolute Gasteiger partial charge is 0.240 e. The van der Waals surface area contributed by atoms with Crippen LogP contribution in [-0.4, -0.2) is 74.2 Å². The Bertz CT molecular complexity index is 395. The molecule has 1 amide bonds. The first-order valence-electron chi connectivity index (χ1n) is 6.02. The Morgan fingerprint density at radius 1 is 1.39 bits per heavy atom. The number of hydrogen-bond acceptors (Lipinski definition) is 4. The predicted molar refractivity (Wildman–Crippen MR) is 72.6 cm³/mol. The van der Waals surface area contributed by atoms with Crippen molar-refractivity contribution in [3.8, 4) is 0 Å². The van der Waals surface area contributed by atoms with Crippen LogP contribution in [0, 0.1) is 0 Å². The van der Waals surface area contributed by atoms with E-state index in [4.69, 9.17) is 11.6 Å². The average Bonchev–Trinajstić information content (AvgIpc) is 2.58. The third-order valence-corrected chi connectivity index (χ3v) is 5.00. The van der Waals surface area contributed by atoms with Gasteiger partial charge in [0.15, 0.2) is 9.84 Å². The van der Waals surface area contributed by atoms with Crippen LogP contribution < -0.4 is 0 Å². The van der Waals surface area contributed by atoms with Crippen LogP contribution >= 0.6 is 11.6 Å². The second kappa shape index (κ2) is 6.21. The van der Waals surface area contributed by atoms with Gasteiger partial charge in [0.05, 0.1) is 11.5 Å². The van der Waals surface area contributed by atoms with Gasteiger partial charge in [-0.3, -0.25) is 4.79 Å². The van der Waals surface area contributed by atoms with Crippen molar-refractivity contribution in [3.63, 3.8) is 0 Å². The molecule has 1 aliphatic heterocycles. The minimum absolute atomic E-state index is 0.0653. The Hall–Kier alpha value is -0.330. The minimum Gasteiger partial charge on any atom is -0.336 e. The van der Waals surface area contributed by atoms with Gasteiger partial charge in [-0.25, -0.2) is 8.42 Å². The van der Waals surface area contributed by atoms with Gasteiger partial charge >= 0.3 is 0 Å². The number of amides is 1. The van der Waals surface area contributed by atoms with Gasteiger partial charge in [0.1, 0.15) is 5.38 Å². The first kappa shape index (κ1) is 15.7. The maximum atomic E-state index is 12.0. The molecule has 2 unspecified atom stereocenters. The van der Waals surface area contributed by atoms with Crippen molar-refractivity contribution in [1.82, 2.24) is 9.80 Å². The van der Waals surface area contributed by atoms with E-state index in [1.807, 2.05) is 19.0 Å². The maximum absolute atomic E-state index is 12.0. The van der Waals surface area contributed by atoms with Crippen molar-refractivity contribution in [2.45, 2.75) is 24.8 Å². The van der Waals surface area contributed by atoms with E-state index in [1.54, 1.807) is 11.8 Å². The Kier molecular flexibility index (Phi) is 5.43. The molecule has 2 atom stereocenters. The molecule has 1 saturated heterocycles. The van der Waals surface area contributed by atoms with Crippen LogP contribution in [0.3, 0.4) is 0 Å². The third-order valence-electron chi connectivity index (χ3n) is 3.06. The van der Waals surface area contributed by atoms with Gasteiger partial charge in [-0.1, -0.05) is 0 Å². The second-order valence-electron chi connectivity index (χ2n) is 5.01. The molecule has 0 spiro atoms. The van der Waals surface area contributed by atoms with Crippen molar-refractivity contribution in [1.29, 1.82) is 0 Å². The van der Waals surface area contributed by atoms with Crippen LogP contribution in [0.1, 0.15) is 13.3 Å². The van der Waals surface area contributed by atoms with Gasteiger partial charge in [0.25, 0.3) is 0 Å². The van der Waals surface area contributed by atoms with Crippen molar-refractivity contribution in [2.75, 3.05) is 38.7 Å². The van der Waals surface area contributed by atoms with E-state index < -0.39 is 15.2 Å². The van der Waals surface area contributed by atoms with Crippen LogP contribution in [0.2, 0.25) is 0 Å². The quantitative estimate of drug-likeness (QED) is 0.680. The highest BCUT2D eigenvalue weighted by Crippen LogP contribution is 2.19. The molecule has 1 heterocycles. The molecule has 0 aromatic heterocycles. The van der Waals surface area contributed by atoms with Gasteiger partial charge in [0.2, 0.25) is 5.91 Å². The topological polar surface area (TPSA) is 57.7 Å². The third kappa shape index (κ3) is 4.40. The Balaban J connectivity index is 2.75. The summed E-state index contributed by atoms with van der Waals surface area (Å²) in [5.74, 6) is 0.0520. The normalized spacial score (nSPS) is 24.2. The minimum atomic E-state index is -2.99. The molecule has 0 bridgehead atoms. The van der Waals surface area contributed by atoms with Crippen LogP contribution in [0.5, 0.6) is 0 Å². The molecule has 1 fully saturated rings. The second-order valence-corrected chi connectivity index (χ2v) is 7.89. The molecule has 7 heteroatoms. The lowest BCUT2D eigenvalue weighted by Gasteiger charge is -2.30. The molecule has 0 radical (unpaired) electrons. The van der Waals surface area contributed by atoms with Gasteiger partial charge < -0.3 is 9.80 Å². The van der Waals surface area contributed by atoms with E-state index in [1.165, 1.54) is 0 Å². The fourth-order valence-corrected chi connectivity index (χ4v) is 3.89. The van der Waals surface area contributed by atoms with E-state index in [-0.39, 0.29) is 23.5 Å². The Labute approximate surface area is 114 Å². The van der Waals surface area contributed by atoms with E-state index in [9.17, 15) is 13.2 Å². The van der Waals surface area contributed by atoms with Crippen molar-refractivity contribution in [3.05, 3.63) is 0 Å². The first-order chi connectivity index (χ1) is 8.23. The van der Waals surface area contributed by atoms with Gasteiger partial charge in [0, 0.05) is 19.1 Å². The number of nitrogens with zero attached hydrogens (tertiary/aromatic N) is 2. The molecular weight excluding hydrogens is 276 g/mol. The number of alkyl halides is 1. The fourth-order valence-electron chi connectivity index (χ4n) is 2.03. The monoisotopic (exact) mass is 296 g/mol. The molecule has 0 N–H and O–H groups in total. The number of rotatable bonds is 5. The summed E-state index contributed by atoms with van der Waals surface area (Å²) in [6.45, 7) is 2.84. The summed E-state index contributed by atoms with van der Waals surface area (Å²) in [4.78, 5) is 15.6.